The lowest BCUT2D eigenvalue weighted by molar-refractivity contribution is -0.142. The van der Waals surface area contributed by atoms with Crippen LogP contribution >= 0.6 is 11.6 Å². The minimum Gasteiger partial charge on any atom is -0.508 e. The molecule has 0 heterocycles. The number of phenolic OH excluding ortho intramolecular Hbond substituents is 1. The Balaban J connectivity index is 2.87. The van der Waals surface area contributed by atoms with Gasteiger partial charge in [0, 0.05) is 6.92 Å². The van der Waals surface area contributed by atoms with Crippen molar-refractivity contribution in [1.82, 2.24) is 16.0 Å². The molecule has 0 aromatic heterocycles. The third-order valence-electron chi connectivity index (χ3n) is 5.59. The van der Waals surface area contributed by atoms with Gasteiger partial charge >= 0.3 is 5.97 Å². The average molecular weight is 569 g/mol. The van der Waals surface area contributed by atoms with Crippen molar-refractivity contribution >= 4 is 52.6 Å². The maximum Gasteiger partial charge on any atom is 0.305 e. The van der Waals surface area contributed by atoms with Crippen LogP contribution in [-0.2, 0) is 40.0 Å². The molecule has 0 spiro atoms. The van der Waals surface area contributed by atoms with Gasteiger partial charge in [0.15, 0.2) is 16.9 Å². The molecule has 0 saturated carbocycles. The largest absolute Gasteiger partial charge is 0.508 e. The van der Waals surface area contributed by atoms with Crippen molar-refractivity contribution in [2.24, 2.45) is 11.7 Å². The number of carboxylic acid groups (broad SMARTS) is 1. The van der Waals surface area contributed by atoms with Crippen LogP contribution in [-0.4, -0.2) is 80.8 Å². The topological polar surface area (TPSA) is 222 Å². The second-order valence-electron chi connectivity index (χ2n) is 9.28. The maximum absolute atomic E-state index is 12.9. The second-order valence-corrected chi connectivity index (χ2v) is 9.72. The molecule has 0 aliphatic carbocycles. The number of hydrogen-bond donors (Lipinski definition) is 6. The Morgan fingerprint density at radius 3 is 1.95 bits per heavy atom. The van der Waals surface area contributed by atoms with Gasteiger partial charge in [0.25, 0.3) is 0 Å². The molecule has 1 unspecified atom stereocenters. The molecule has 39 heavy (non-hydrogen) atoms. The Kier molecular flexibility index (Phi) is 12.7. The zero-order valence-corrected chi connectivity index (χ0v) is 22.7. The lowest BCUT2D eigenvalue weighted by atomic mass is 10.0. The Morgan fingerprint density at radius 2 is 1.46 bits per heavy atom. The van der Waals surface area contributed by atoms with Gasteiger partial charge in [0.1, 0.15) is 23.9 Å². The highest BCUT2D eigenvalue weighted by molar-refractivity contribution is 6.56. The number of carboxylic acids is 1. The zero-order chi connectivity index (χ0) is 30.0. The number of amides is 3. The van der Waals surface area contributed by atoms with Gasteiger partial charge in [-0.15, -0.1) is 11.6 Å². The molecule has 1 rings (SSSR count). The van der Waals surface area contributed by atoms with Gasteiger partial charge in [-0.3, -0.25) is 33.6 Å². The number of Topliss-reactive ketones (excluding diaryl/α,β-unsaturated/α-hetero) is 3. The Hall–Kier alpha value is -3.84. The molecule has 1 aromatic rings. The fourth-order valence-electron chi connectivity index (χ4n) is 3.32. The molecule has 0 radical (unpaired) electrons. The predicted octanol–water partition coefficient (Wildman–Crippen LogP) is -0.798. The lowest BCUT2D eigenvalue weighted by Crippen LogP contribution is -2.58. The van der Waals surface area contributed by atoms with Crippen LogP contribution in [0, 0.1) is 5.92 Å². The first-order valence-electron chi connectivity index (χ1n) is 11.9. The number of ketones is 3. The fourth-order valence-corrected chi connectivity index (χ4v) is 3.63. The van der Waals surface area contributed by atoms with Gasteiger partial charge in [-0.2, -0.15) is 0 Å². The van der Waals surface area contributed by atoms with Crippen molar-refractivity contribution in [3.8, 4) is 5.75 Å². The molecule has 5 atom stereocenters. The number of phenols is 1. The number of aromatic hydroxyl groups is 1. The molecule has 0 aliphatic rings. The normalized spacial score (nSPS) is 14.7. The zero-order valence-electron chi connectivity index (χ0n) is 21.9. The molecule has 14 heteroatoms. The number of alkyl halides is 1. The summed E-state index contributed by atoms with van der Waals surface area (Å²) in [7, 11) is 0. The van der Waals surface area contributed by atoms with Crippen molar-refractivity contribution < 1.29 is 43.8 Å². The van der Waals surface area contributed by atoms with Gasteiger partial charge < -0.3 is 31.9 Å². The Labute approximate surface area is 229 Å². The number of nitrogens with two attached hydrogens (primary N) is 1. The number of rotatable bonds is 15. The first kappa shape index (κ1) is 33.2. The van der Waals surface area contributed by atoms with Crippen LogP contribution in [0.2, 0.25) is 0 Å². The minimum absolute atomic E-state index is 0.0529. The number of hydrogen-bond acceptors (Lipinski definition) is 9. The highest BCUT2D eigenvalue weighted by Gasteiger charge is 2.36. The molecule has 1 aromatic carbocycles. The van der Waals surface area contributed by atoms with Crippen LogP contribution in [0.1, 0.15) is 39.7 Å². The van der Waals surface area contributed by atoms with E-state index in [0.29, 0.717) is 5.56 Å². The van der Waals surface area contributed by atoms with Crippen molar-refractivity contribution in [3.63, 3.8) is 0 Å². The van der Waals surface area contributed by atoms with E-state index in [1.54, 1.807) is 26.0 Å². The van der Waals surface area contributed by atoms with Gasteiger partial charge in [-0.05, 0) is 37.0 Å². The number of nitrogens with one attached hydrogen (secondary N) is 3. The van der Waals surface area contributed by atoms with Gasteiger partial charge in [-0.1, -0.05) is 26.0 Å². The number of carbonyl (C=O) groups excluding carboxylic acids is 6. The standard InChI is InChI=1S/C25H33ClN4O9/c1-11(2)20(30-24(38)16(27)9-14-5-7-15(32)8-6-14)25(39)28-12(3)23(37)29-17(10-18(33)34)22(36)19(26)21(35)13(4)31/h5-8,11-12,16-17,19-20,32H,9-10,27H2,1-4H3,(H,28,39)(H,29,37)(H,30,38)(H,33,34)/t12-,16-,17-,19?,20-/m0/s1. The van der Waals surface area contributed by atoms with E-state index >= 15 is 0 Å². The summed E-state index contributed by atoms with van der Waals surface area (Å²) in [6.45, 7) is 5.44. The summed E-state index contributed by atoms with van der Waals surface area (Å²) in [6, 6.07) is 0.908. The number of aliphatic carboxylic acids is 1. The monoisotopic (exact) mass is 568 g/mol. The second kappa shape index (κ2) is 14.9. The van der Waals surface area contributed by atoms with E-state index in [-0.39, 0.29) is 12.2 Å². The van der Waals surface area contributed by atoms with Crippen LogP contribution in [0.5, 0.6) is 5.75 Å². The molecule has 13 nitrogen and oxygen atoms in total. The Bertz CT molecular complexity index is 1110. The highest BCUT2D eigenvalue weighted by Crippen LogP contribution is 2.12. The van der Waals surface area contributed by atoms with E-state index in [9.17, 15) is 38.7 Å². The van der Waals surface area contributed by atoms with Crippen LogP contribution < -0.4 is 21.7 Å². The molecule has 0 aliphatic heterocycles. The van der Waals surface area contributed by atoms with Crippen molar-refractivity contribution in [2.75, 3.05) is 0 Å². The van der Waals surface area contributed by atoms with Crippen LogP contribution in [0.15, 0.2) is 24.3 Å². The van der Waals surface area contributed by atoms with E-state index < -0.39 is 82.9 Å². The number of halogens is 1. The fraction of sp³-hybridized carbons (Fsp3) is 0.480. The lowest BCUT2D eigenvalue weighted by Gasteiger charge is -2.26. The molecule has 0 saturated heterocycles. The summed E-state index contributed by atoms with van der Waals surface area (Å²) in [4.78, 5) is 84.9. The van der Waals surface area contributed by atoms with E-state index in [4.69, 9.17) is 22.4 Å². The summed E-state index contributed by atoms with van der Waals surface area (Å²) < 4.78 is 0. The summed E-state index contributed by atoms with van der Waals surface area (Å²) in [5.74, 6) is -7.69. The SMILES string of the molecule is CC(=O)C(=O)C(Cl)C(=O)[C@H](CC(=O)O)NC(=O)[C@H](C)NC(=O)[C@@H](NC(=O)[C@@H](N)Cc1ccc(O)cc1)C(C)C. The molecule has 7 N–H and O–H groups in total. The van der Waals surface area contributed by atoms with Crippen LogP contribution in [0.4, 0.5) is 0 Å². The first-order chi connectivity index (χ1) is 18.0. The van der Waals surface area contributed by atoms with Crippen molar-refractivity contribution in [2.45, 2.75) is 70.1 Å². The quantitative estimate of drug-likeness (QED) is 0.0877. The number of carbonyl (C=O) groups is 7. The Morgan fingerprint density at radius 1 is 0.897 bits per heavy atom. The van der Waals surface area contributed by atoms with Crippen molar-refractivity contribution in [1.29, 1.82) is 0 Å². The molecule has 3 amide bonds. The van der Waals surface area contributed by atoms with E-state index in [2.05, 4.69) is 16.0 Å². The van der Waals surface area contributed by atoms with Gasteiger partial charge in [0.2, 0.25) is 23.5 Å². The van der Waals surface area contributed by atoms with Gasteiger partial charge in [-0.25, -0.2) is 0 Å². The summed E-state index contributed by atoms with van der Waals surface area (Å²) in [5, 5.41) is 23.5. The van der Waals surface area contributed by atoms with E-state index in [1.807, 2.05) is 0 Å². The maximum atomic E-state index is 12.9. The van der Waals surface area contributed by atoms with Crippen LogP contribution in [0.3, 0.4) is 0 Å². The molecular formula is C25H33ClN4O9. The average Bonchev–Trinajstić information content (AvgIpc) is 2.85. The molecule has 0 fully saturated rings. The van der Waals surface area contributed by atoms with E-state index in [1.165, 1.54) is 19.1 Å². The summed E-state index contributed by atoms with van der Waals surface area (Å²) in [5.41, 5.74) is 6.65. The summed E-state index contributed by atoms with van der Waals surface area (Å²) >= 11 is 5.72. The molecule has 0 bridgehead atoms. The smallest absolute Gasteiger partial charge is 0.305 e. The third kappa shape index (κ3) is 10.4. The third-order valence-corrected chi connectivity index (χ3v) is 6.01. The molecular weight excluding hydrogens is 536 g/mol. The molecule has 214 valence electrons. The summed E-state index contributed by atoms with van der Waals surface area (Å²) in [6.07, 6.45) is -0.798. The van der Waals surface area contributed by atoms with Crippen LogP contribution in [0.25, 0.3) is 0 Å². The van der Waals surface area contributed by atoms with E-state index in [0.717, 1.165) is 6.92 Å². The first-order valence-corrected chi connectivity index (χ1v) is 12.4. The van der Waals surface area contributed by atoms with Gasteiger partial charge in [0.05, 0.1) is 12.5 Å². The number of benzene rings is 1. The predicted molar refractivity (Wildman–Crippen MR) is 139 cm³/mol. The highest BCUT2D eigenvalue weighted by atomic mass is 35.5. The minimum atomic E-state index is -2.00. The van der Waals surface area contributed by atoms with Crippen molar-refractivity contribution in [3.05, 3.63) is 29.8 Å².